The third-order valence-corrected chi connectivity index (χ3v) is 6.07. The van der Waals surface area contributed by atoms with Gasteiger partial charge in [0.2, 0.25) is 11.8 Å². The summed E-state index contributed by atoms with van der Waals surface area (Å²) in [5.41, 5.74) is 2.40. The molecule has 9 heteroatoms. The number of aromatic nitrogens is 3. The van der Waals surface area contributed by atoms with Crippen LogP contribution < -0.4 is 5.32 Å². The molecule has 0 bridgehead atoms. The van der Waals surface area contributed by atoms with Crippen molar-refractivity contribution in [3.63, 3.8) is 0 Å². The maximum Gasteiger partial charge on any atom is 0.243 e. The first-order valence-corrected chi connectivity index (χ1v) is 11.9. The zero-order valence-corrected chi connectivity index (χ0v) is 20.0. The summed E-state index contributed by atoms with van der Waals surface area (Å²) in [4.78, 5) is 26.4. The normalized spacial score (nSPS) is 10.6. The largest absolute Gasteiger partial charge is 0.336 e. The maximum atomic E-state index is 12.7. The third kappa shape index (κ3) is 5.84. The van der Waals surface area contributed by atoms with Crippen LogP contribution in [0.5, 0.6) is 0 Å². The number of nitrogens with zero attached hydrogens (tertiary/aromatic N) is 4. The molecule has 1 aromatic heterocycles. The molecule has 1 heterocycles. The van der Waals surface area contributed by atoms with Crippen molar-refractivity contribution in [2.24, 2.45) is 0 Å². The highest BCUT2D eigenvalue weighted by atomic mass is 35.5. The van der Waals surface area contributed by atoms with E-state index in [1.165, 1.54) is 16.7 Å². The fourth-order valence-electron chi connectivity index (χ4n) is 3.25. The van der Waals surface area contributed by atoms with Crippen molar-refractivity contribution < 1.29 is 9.59 Å². The molecule has 2 amide bonds. The average molecular weight is 492 g/mol. The van der Waals surface area contributed by atoms with Crippen LogP contribution in [0.4, 0.5) is 5.69 Å². The molecule has 0 spiro atoms. The highest BCUT2D eigenvalue weighted by Gasteiger charge is 2.19. The number of hydrogen-bond donors (Lipinski definition) is 1. The lowest BCUT2D eigenvalue weighted by Gasteiger charge is -2.17. The second-order valence-corrected chi connectivity index (χ2v) is 8.82. The third-order valence-electron chi connectivity index (χ3n) is 4.92. The van der Waals surface area contributed by atoms with Crippen LogP contribution in [-0.2, 0) is 9.59 Å². The van der Waals surface area contributed by atoms with E-state index in [0.29, 0.717) is 21.7 Å². The van der Waals surface area contributed by atoms with Crippen molar-refractivity contribution in [1.29, 1.82) is 0 Å². The molecule has 0 fully saturated rings. The molecule has 1 N–H and O–H groups in total. The van der Waals surface area contributed by atoms with E-state index in [4.69, 9.17) is 11.6 Å². The Bertz CT molecular complexity index is 1280. The Hall–Kier alpha value is -3.62. The second kappa shape index (κ2) is 11.0. The van der Waals surface area contributed by atoms with E-state index in [1.54, 1.807) is 31.3 Å². The van der Waals surface area contributed by atoms with E-state index in [1.807, 2.05) is 65.2 Å². The molecule has 0 radical (unpaired) electrons. The van der Waals surface area contributed by atoms with Gasteiger partial charge in [0.05, 0.1) is 12.3 Å². The second-order valence-electron chi connectivity index (χ2n) is 7.44. The van der Waals surface area contributed by atoms with Crippen LogP contribution >= 0.6 is 23.4 Å². The van der Waals surface area contributed by atoms with Gasteiger partial charge in [0.1, 0.15) is 0 Å². The van der Waals surface area contributed by atoms with Crippen LogP contribution in [0.1, 0.15) is 0 Å². The van der Waals surface area contributed by atoms with Crippen LogP contribution in [0.15, 0.2) is 90.1 Å². The molecule has 0 aliphatic carbocycles. The first-order chi connectivity index (χ1) is 16.5. The highest BCUT2D eigenvalue weighted by Crippen LogP contribution is 2.28. The van der Waals surface area contributed by atoms with Gasteiger partial charge < -0.3 is 10.2 Å². The quantitative estimate of drug-likeness (QED) is 0.359. The van der Waals surface area contributed by atoms with E-state index in [2.05, 4.69) is 15.5 Å². The molecule has 0 aliphatic rings. The SMILES string of the molecule is CN(CC(=O)Nc1cccc(Cl)c1)C(=O)CSc1nnc(-c2ccccc2)n1-c1ccccc1. The Morgan fingerprint density at radius 1 is 0.971 bits per heavy atom. The molecular weight excluding hydrogens is 470 g/mol. The first kappa shape index (κ1) is 23.5. The van der Waals surface area contributed by atoms with Gasteiger partial charge in [-0.2, -0.15) is 0 Å². The highest BCUT2D eigenvalue weighted by molar-refractivity contribution is 7.99. The van der Waals surface area contributed by atoms with Gasteiger partial charge in [-0.05, 0) is 30.3 Å². The van der Waals surface area contributed by atoms with Gasteiger partial charge in [-0.25, -0.2) is 0 Å². The number of likely N-dealkylation sites (N-methyl/N-ethyl adjacent to an activating group) is 1. The number of amides is 2. The van der Waals surface area contributed by atoms with Crippen molar-refractivity contribution in [3.05, 3.63) is 90.0 Å². The number of benzene rings is 3. The Labute approximate surface area is 206 Å². The number of carbonyl (C=O) groups is 2. The zero-order chi connectivity index (χ0) is 23.9. The molecule has 4 rings (SSSR count). The summed E-state index contributed by atoms with van der Waals surface area (Å²) in [7, 11) is 1.60. The summed E-state index contributed by atoms with van der Waals surface area (Å²) in [6.45, 7) is -0.0768. The lowest BCUT2D eigenvalue weighted by molar-refractivity contribution is -0.131. The molecular formula is C25H22ClN5O2S. The summed E-state index contributed by atoms with van der Waals surface area (Å²) in [5, 5.41) is 12.6. The van der Waals surface area contributed by atoms with Crippen molar-refractivity contribution in [2.75, 3.05) is 24.7 Å². The minimum absolute atomic E-state index is 0.0768. The maximum absolute atomic E-state index is 12.7. The van der Waals surface area contributed by atoms with Gasteiger partial charge in [-0.1, -0.05) is 78.0 Å². The summed E-state index contributed by atoms with van der Waals surface area (Å²) in [6, 6.07) is 26.4. The van der Waals surface area contributed by atoms with Gasteiger partial charge in [0.15, 0.2) is 11.0 Å². The Kier molecular flexibility index (Phi) is 7.61. The predicted molar refractivity (Wildman–Crippen MR) is 135 cm³/mol. The standard InChI is InChI=1S/C25H22ClN5O2S/c1-30(16-22(32)27-20-12-8-11-19(26)15-20)23(33)17-34-25-29-28-24(18-9-4-2-5-10-18)31(25)21-13-6-3-7-14-21/h2-15H,16-17H2,1H3,(H,27,32). The number of carbonyl (C=O) groups excluding carboxylic acids is 2. The van der Waals surface area contributed by atoms with Crippen LogP contribution in [-0.4, -0.2) is 50.8 Å². The van der Waals surface area contributed by atoms with Gasteiger partial charge in [-0.3, -0.25) is 14.2 Å². The number of thioether (sulfide) groups is 1. The number of anilines is 1. The Morgan fingerprint density at radius 3 is 2.38 bits per heavy atom. The fourth-order valence-corrected chi connectivity index (χ4v) is 4.34. The lowest BCUT2D eigenvalue weighted by Crippen LogP contribution is -2.36. The number of para-hydroxylation sites is 1. The van der Waals surface area contributed by atoms with Crippen LogP contribution in [0.2, 0.25) is 5.02 Å². The van der Waals surface area contributed by atoms with Gasteiger partial charge >= 0.3 is 0 Å². The fraction of sp³-hybridized carbons (Fsp3) is 0.120. The topological polar surface area (TPSA) is 80.1 Å². The minimum Gasteiger partial charge on any atom is -0.336 e. The number of rotatable bonds is 8. The van der Waals surface area contributed by atoms with Crippen LogP contribution in [0, 0.1) is 0 Å². The van der Waals surface area contributed by atoms with E-state index in [9.17, 15) is 9.59 Å². The van der Waals surface area contributed by atoms with E-state index >= 15 is 0 Å². The van der Waals surface area contributed by atoms with Crippen LogP contribution in [0.3, 0.4) is 0 Å². The number of halogens is 1. The first-order valence-electron chi connectivity index (χ1n) is 10.5. The lowest BCUT2D eigenvalue weighted by atomic mass is 10.2. The minimum atomic E-state index is -0.304. The molecule has 34 heavy (non-hydrogen) atoms. The summed E-state index contributed by atoms with van der Waals surface area (Å²) >= 11 is 7.23. The van der Waals surface area contributed by atoms with Gasteiger partial charge in [0, 0.05) is 29.0 Å². The van der Waals surface area contributed by atoms with Crippen molar-refractivity contribution in [2.45, 2.75) is 5.16 Å². The molecule has 172 valence electrons. The Balaban J connectivity index is 1.44. The molecule has 3 aromatic carbocycles. The van der Waals surface area contributed by atoms with E-state index in [-0.39, 0.29) is 24.1 Å². The van der Waals surface area contributed by atoms with Crippen molar-refractivity contribution >= 4 is 40.9 Å². The molecule has 4 aromatic rings. The number of hydrogen-bond acceptors (Lipinski definition) is 5. The molecule has 0 saturated carbocycles. The van der Waals surface area contributed by atoms with Crippen LogP contribution in [0.25, 0.3) is 17.1 Å². The monoisotopic (exact) mass is 491 g/mol. The smallest absolute Gasteiger partial charge is 0.243 e. The summed E-state index contributed by atoms with van der Waals surface area (Å²) < 4.78 is 1.93. The summed E-state index contributed by atoms with van der Waals surface area (Å²) in [6.07, 6.45) is 0. The van der Waals surface area contributed by atoms with E-state index in [0.717, 1.165) is 11.3 Å². The molecule has 0 unspecified atom stereocenters. The zero-order valence-electron chi connectivity index (χ0n) is 18.4. The molecule has 0 atom stereocenters. The van der Waals surface area contributed by atoms with Gasteiger partial charge in [0.25, 0.3) is 0 Å². The number of nitrogens with one attached hydrogen (secondary N) is 1. The van der Waals surface area contributed by atoms with Crippen molar-refractivity contribution in [3.8, 4) is 17.1 Å². The Morgan fingerprint density at radius 2 is 1.68 bits per heavy atom. The molecule has 0 aliphatic heterocycles. The molecule has 0 saturated heterocycles. The summed E-state index contributed by atoms with van der Waals surface area (Å²) in [5.74, 6) is 0.300. The van der Waals surface area contributed by atoms with Gasteiger partial charge in [-0.15, -0.1) is 10.2 Å². The van der Waals surface area contributed by atoms with Crippen molar-refractivity contribution in [1.82, 2.24) is 19.7 Å². The predicted octanol–water partition coefficient (Wildman–Crippen LogP) is 4.78. The molecule has 7 nitrogen and oxygen atoms in total. The van der Waals surface area contributed by atoms with E-state index < -0.39 is 0 Å². The average Bonchev–Trinajstić information content (AvgIpc) is 3.27.